The molecule has 0 saturated carbocycles. The standard InChI is InChI=1S/C12H12BBr2NO/c13-5-3-12(4-6-14)9-2-1-8(15)7-10(9)16-11(12)17/h1-2,7H,3-6H2,(H,16,17). The van der Waals surface area contributed by atoms with Gasteiger partial charge in [0.05, 0.1) is 13.3 Å². The SMILES string of the molecule is [B]CCC1(CCBr)C(=O)Nc2cc(Br)ccc21. The number of amides is 1. The van der Waals surface area contributed by atoms with Crippen LogP contribution in [0.1, 0.15) is 18.4 Å². The Labute approximate surface area is 119 Å². The van der Waals surface area contributed by atoms with Crippen molar-refractivity contribution in [3.05, 3.63) is 28.2 Å². The quantitative estimate of drug-likeness (QED) is 0.650. The average molecular weight is 357 g/mol. The molecular formula is C12H12BBr2NO. The first-order valence-corrected chi connectivity index (χ1v) is 7.43. The molecule has 2 rings (SSSR count). The Morgan fingerprint density at radius 3 is 2.76 bits per heavy atom. The fourth-order valence-electron chi connectivity index (χ4n) is 2.43. The van der Waals surface area contributed by atoms with E-state index in [-0.39, 0.29) is 5.91 Å². The number of fused-ring (bicyclic) bond motifs is 1. The molecule has 0 bridgehead atoms. The van der Waals surface area contributed by atoms with Crippen LogP contribution in [0.25, 0.3) is 0 Å². The molecule has 1 unspecified atom stereocenters. The Kier molecular flexibility index (Phi) is 3.98. The van der Waals surface area contributed by atoms with Crippen LogP contribution in [-0.4, -0.2) is 19.1 Å². The van der Waals surface area contributed by atoms with Crippen LogP contribution in [0.15, 0.2) is 22.7 Å². The third kappa shape index (κ3) is 2.19. The Morgan fingerprint density at radius 1 is 1.35 bits per heavy atom. The van der Waals surface area contributed by atoms with E-state index in [2.05, 4.69) is 37.2 Å². The second-order valence-corrected chi connectivity index (χ2v) is 5.91. The summed E-state index contributed by atoms with van der Waals surface area (Å²) in [5.41, 5.74) is 1.50. The lowest BCUT2D eigenvalue weighted by molar-refractivity contribution is -0.121. The molecule has 2 radical (unpaired) electrons. The van der Waals surface area contributed by atoms with Crippen molar-refractivity contribution in [2.75, 3.05) is 10.6 Å². The van der Waals surface area contributed by atoms with Crippen molar-refractivity contribution in [1.29, 1.82) is 0 Å². The summed E-state index contributed by atoms with van der Waals surface area (Å²) in [6.07, 6.45) is 1.96. The van der Waals surface area contributed by atoms with E-state index in [1.165, 1.54) is 0 Å². The summed E-state index contributed by atoms with van der Waals surface area (Å²) in [5.74, 6) is 0.0653. The monoisotopic (exact) mass is 355 g/mol. The number of alkyl halides is 1. The molecule has 1 aromatic carbocycles. The molecule has 0 fully saturated rings. The molecule has 1 aromatic rings. The number of carbonyl (C=O) groups excluding carboxylic acids is 1. The summed E-state index contributed by atoms with van der Waals surface area (Å²) >= 11 is 6.84. The van der Waals surface area contributed by atoms with Crippen molar-refractivity contribution < 1.29 is 4.79 Å². The van der Waals surface area contributed by atoms with Gasteiger partial charge in [0.15, 0.2) is 0 Å². The Hall–Kier alpha value is -0.285. The topological polar surface area (TPSA) is 29.1 Å². The van der Waals surface area contributed by atoms with Crippen LogP contribution in [0.2, 0.25) is 6.32 Å². The largest absolute Gasteiger partial charge is 0.325 e. The van der Waals surface area contributed by atoms with Gasteiger partial charge in [0.25, 0.3) is 0 Å². The fourth-order valence-corrected chi connectivity index (χ4v) is 3.47. The van der Waals surface area contributed by atoms with E-state index in [0.29, 0.717) is 12.7 Å². The summed E-state index contributed by atoms with van der Waals surface area (Å²) < 4.78 is 0.971. The van der Waals surface area contributed by atoms with Crippen LogP contribution in [0.5, 0.6) is 0 Å². The number of rotatable bonds is 4. The fraction of sp³-hybridized carbons (Fsp3) is 0.417. The average Bonchev–Trinajstić information content (AvgIpc) is 2.53. The van der Waals surface area contributed by atoms with Gasteiger partial charge in [-0.15, -0.1) is 0 Å². The molecule has 1 aliphatic rings. The van der Waals surface area contributed by atoms with E-state index in [4.69, 9.17) is 7.85 Å². The van der Waals surface area contributed by atoms with Gasteiger partial charge in [0, 0.05) is 15.5 Å². The van der Waals surface area contributed by atoms with Gasteiger partial charge < -0.3 is 5.32 Å². The van der Waals surface area contributed by atoms with Crippen LogP contribution in [0.4, 0.5) is 5.69 Å². The van der Waals surface area contributed by atoms with Gasteiger partial charge in [0.2, 0.25) is 5.91 Å². The van der Waals surface area contributed by atoms with Gasteiger partial charge >= 0.3 is 0 Å². The zero-order chi connectivity index (χ0) is 12.5. The summed E-state index contributed by atoms with van der Waals surface area (Å²) in [6, 6.07) is 5.92. The minimum atomic E-state index is -0.464. The zero-order valence-corrected chi connectivity index (χ0v) is 12.5. The highest BCUT2D eigenvalue weighted by Gasteiger charge is 2.45. The third-order valence-corrected chi connectivity index (χ3v) is 4.16. The predicted molar refractivity (Wildman–Crippen MR) is 78.0 cm³/mol. The number of hydrogen-bond acceptors (Lipinski definition) is 1. The molecule has 88 valence electrons. The first-order valence-electron chi connectivity index (χ1n) is 5.51. The maximum Gasteiger partial charge on any atom is 0.235 e. The molecule has 0 aromatic heterocycles. The molecule has 1 atom stereocenters. The van der Waals surface area contributed by atoms with Crippen LogP contribution in [-0.2, 0) is 10.2 Å². The minimum absolute atomic E-state index is 0.0653. The van der Waals surface area contributed by atoms with E-state index in [1.807, 2.05) is 18.2 Å². The second-order valence-electron chi connectivity index (χ2n) is 4.20. The van der Waals surface area contributed by atoms with Crippen molar-refractivity contribution in [2.45, 2.75) is 24.6 Å². The maximum atomic E-state index is 12.2. The molecule has 2 nitrogen and oxygen atoms in total. The Balaban J connectivity index is 2.50. The highest BCUT2D eigenvalue weighted by molar-refractivity contribution is 9.10. The number of halogens is 2. The lowest BCUT2D eigenvalue weighted by Crippen LogP contribution is -2.34. The van der Waals surface area contributed by atoms with Crippen LogP contribution in [0.3, 0.4) is 0 Å². The van der Waals surface area contributed by atoms with E-state index < -0.39 is 5.41 Å². The first kappa shape index (κ1) is 13.2. The third-order valence-electron chi connectivity index (χ3n) is 3.27. The molecule has 0 saturated heterocycles. The van der Waals surface area contributed by atoms with Gasteiger partial charge in [-0.3, -0.25) is 4.79 Å². The molecular weight excluding hydrogens is 345 g/mol. The highest BCUT2D eigenvalue weighted by Crippen LogP contribution is 2.44. The normalized spacial score (nSPS) is 22.4. The van der Waals surface area contributed by atoms with Gasteiger partial charge in [-0.2, -0.15) is 0 Å². The van der Waals surface area contributed by atoms with E-state index in [1.54, 1.807) is 0 Å². The Morgan fingerprint density at radius 2 is 2.12 bits per heavy atom. The van der Waals surface area contributed by atoms with Crippen LogP contribution >= 0.6 is 31.9 Å². The van der Waals surface area contributed by atoms with Crippen molar-refractivity contribution >= 4 is 51.3 Å². The zero-order valence-electron chi connectivity index (χ0n) is 9.30. The lowest BCUT2D eigenvalue weighted by atomic mass is 9.73. The van der Waals surface area contributed by atoms with Gasteiger partial charge in [-0.1, -0.05) is 44.2 Å². The van der Waals surface area contributed by atoms with Gasteiger partial charge in [-0.05, 0) is 30.5 Å². The number of benzene rings is 1. The van der Waals surface area contributed by atoms with E-state index in [0.717, 1.165) is 27.5 Å². The Bertz CT molecular complexity index is 444. The van der Waals surface area contributed by atoms with Crippen molar-refractivity contribution in [2.24, 2.45) is 0 Å². The first-order chi connectivity index (χ1) is 8.14. The molecule has 1 aliphatic heterocycles. The van der Waals surface area contributed by atoms with Crippen molar-refractivity contribution in [3.63, 3.8) is 0 Å². The summed E-state index contributed by atoms with van der Waals surface area (Å²) in [5, 5.41) is 3.74. The molecule has 1 amide bonds. The number of carbonyl (C=O) groups is 1. The van der Waals surface area contributed by atoms with Gasteiger partial charge in [0.1, 0.15) is 0 Å². The number of hydrogen-bond donors (Lipinski definition) is 1. The van der Waals surface area contributed by atoms with Crippen LogP contribution < -0.4 is 5.32 Å². The van der Waals surface area contributed by atoms with Gasteiger partial charge in [-0.25, -0.2) is 0 Å². The molecule has 17 heavy (non-hydrogen) atoms. The molecule has 0 spiro atoms. The maximum absolute atomic E-state index is 12.2. The number of anilines is 1. The lowest BCUT2D eigenvalue weighted by Gasteiger charge is -2.26. The molecule has 5 heteroatoms. The molecule has 0 aliphatic carbocycles. The summed E-state index contributed by atoms with van der Waals surface area (Å²) in [4.78, 5) is 12.2. The molecule has 1 heterocycles. The highest BCUT2D eigenvalue weighted by atomic mass is 79.9. The van der Waals surface area contributed by atoms with E-state index in [9.17, 15) is 4.79 Å². The summed E-state index contributed by atoms with van der Waals surface area (Å²) in [7, 11) is 5.67. The number of nitrogens with one attached hydrogen (secondary N) is 1. The van der Waals surface area contributed by atoms with Crippen molar-refractivity contribution in [1.82, 2.24) is 0 Å². The minimum Gasteiger partial charge on any atom is -0.325 e. The molecule has 1 N–H and O–H groups in total. The second kappa shape index (κ2) is 5.15. The van der Waals surface area contributed by atoms with Crippen molar-refractivity contribution in [3.8, 4) is 0 Å². The van der Waals surface area contributed by atoms with E-state index >= 15 is 0 Å². The van der Waals surface area contributed by atoms with Crippen LogP contribution in [0, 0.1) is 0 Å². The smallest absolute Gasteiger partial charge is 0.235 e. The summed E-state index contributed by atoms with van der Waals surface area (Å²) in [6.45, 7) is 0. The predicted octanol–water partition coefficient (Wildman–Crippen LogP) is 3.40.